The van der Waals surface area contributed by atoms with E-state index in [0.29, 0.717) is 0 Å². The molecule has 15 heteroatoms. The van der Waals surface area contributed by atoms with Crippen molar-refractivity contribution in [3.8, 4) is 34.1 Å². The molecule has 0 radical (unpaired) electrons. The van der Waals surface area contributed by atoms with Gasteiger partial charge in [0.1, 0.15) is 64.9 Å². The number of phenolic OH excluding ortho intramolecular Hbond substituents is 3. The number of phenols is 3. The van der Waals surface area contributed by atoms with Gasteiger partial charge in [0.15, 0.2) is 17.8 Å². The molecule has 2 saturated heterocycles. The molecule has 2 aliphatic heterocycles. The summed E-state index contributed by atoms with van der Waals surface area (Å²) < 4.78 is 27.1. The second-order valence-electron chi connectivity index (χ2n) is 9.85. The molecule has 0 spiro atoms. The van der Waals surface area contributed by atoms with Crippen LogP contribution in [0.4, 0.5) is 0 Å². The fourth-order valence-electron chi connectivity index (χ4n) is 4.58. The Bertz CT molecular complexity index is 1470. The van der Waals surface area contributed by atoms with Gasteiger partial charge in [-0.2, -0.15) is 0 Å². The van der Waals surface area contributed by atoms with Crippen LogP contribution in [0, 0.1) is 0 Å². The predicted octanol–water partition coefficient (Wildman–Crippen LogP) is -1.78. The van der Waals surface area contributed by atoms with E-state index in [4.69, 9.17) is 23.4 Å². The third-order valence-electron chi connectivity index (χ3n) is 7.04. The third kappa shape index (κ3) is 5.30. The largest absolute Gasteiger partial charge is 0.507 e. The number of benzene rings is 2. The van der Waals surface area contributed by atoms with E-state index in [1.54, 1.807) is 0 Å². The van der Waals surface area contributed by atoms with Crippen molar-refractivity contribution in [3.63, 3.8) is 0 Å². The standard InChI is InChI=1S/C26H28O15/c27-8-26(36)9-39-25(23(26)35)38-7-17-20(32)21(33)22(34)24(41-17)40-11-4-15(30)18-16(5-11)37-6-12(19(18)31)10-1-2-13(28)14(29)3-10/h1-6,17,20-25,27-30,32-36H,7-9H2. The number of rotatable bonds is 7. The minimum atomic E-state index is -1.95. The maximum absolute atomic E-state index is 13.1. The summed E-state index contributed by atoms with van der Waals surface area (Å²) in [7, 11) is 0. The van der Waals surface area contributed by atoms with Gasteiger partial charge in [0.2, 0.25) is 11.7 Å². The molecule has 0 aliphatic carbocycles. The third-order valence-corrected chi connectivity index (χ3v) is 7.04. The molecule has 8 unspecified atom stereocenters. The fourth-order valence-corrected chi connectivity index (χ4v) is 4.58. The van der Waals surface area contributed by atoms with E-state index in [2.05, 4.69) is 0 Å². The minimum Gasteiger partial charge on any atom is -0.507 e. The SMILES string of the molecule is O=c1c(-c2ccc(O)c(O)c2)coc2cc(OC3OC(COC4OCC(O)(CO)C4O)C(O)C(O)C3O)cc(O)c12. The quantitative estimate of drug-likeness (QED) is 0.140. The average Bonchev–Trinajstić information content (AvgIpc) is 3.23. The van der Waals surface area contributed by atoms with Crippen molar-refractivity contribution in [2.45, 2.75) is 48.7 Å². The molecule has 15 nitrogen and oxygen atoms in total. The first kappa shape index (κ1) is 29.0. The van der Waals surface area contributed by atoms with Crippen molar-refractivity contribution in [2.75, 3.05) is 19.8 Å². The molecule has 3 heterocycles. The van der Waals surface area contributed by atoms with E-state index in [-0.39, 0.29) is 33.6 Å². The van der Waals surface area contributed by atoms with Gasteiger partial charge in [-0.1, -0.05) is 6.07 Å². The van der Waals surface area contributed by atoms with Crippen LogP contribution >= 0.6 is 0 Å². The van der Waals surface area contributed by atoms with Crippen molar-refractivity contribution in [1.29, 1.82) is 0 Å². The highest BCUT2D eigenvalue weighted by Crippen LogP contribution is 2.35. The Morgan fingerprint density at radius 1 is 0.927 bits per heavy atom. The molecule has 9 N–H and O–H groups in total. The molecular weight excluding hydrogens is 552 g/mol. The number of fused-ring (bicyclic) bond motifs is 1. The summed E-state index contributed by atoms with van der Waals surface area (Å²) in [6.07, 6.45) is -10.1. The van der Waals surface area contributed by atoms with Gasteiger partial charge < -0.3 is 69.3 Å². The van der Waals surface area contributed by atoms with Crippen LogP contribution < -0.4 is 10.2 Å². The first-order valence-electron chi connectivity index (χ1n) is 12.3. The highest BCUT2D eigenvalue weighted by molar-refractivity contribution is 5.88. The Morgan fingerprint density at radius 3 is 2.37 bits per heavy atom. The topological polar surface area (TPSA) is 249 Å². The summed E-state index contributed by atoms with van der Waals surface area (Å²) in [5.74, 6) is -1.57. The minimum absolute atomic E-state index is 0.0171. The second-order valence-corrected chi connectivity index (χ2v) is 9.85. The van der Waals surface area contributed by atoms with Crippen LogP contribution in [0.5, 0.6) is 23.0 Å². The maximum Gasteiger partial charge on any atom is 0.229 e. The molecule has 2 aliphatic rings. The first-order chi connectivity index (χ1) is 19.4. The Balaban J connectivity index is 1.34. The highest BCUT2D eigenvalue weighted by Gasteiger charge is 2.50. The van der Waals surface area contributed by atoms with E-state index >= 15 is 0 Å². The lowest BCUT2D eigenvalue weighted by Gasteiger charge is -2.40. The van der Waals surface area contributed by atoms with Crippen LogP contribution in [0.1, 0.15) is 0 Å². The Morgan fingerprint density at radius 2 is 1.68 bits per heavy atom. The molecular formula is C26H28O15. The number of hydrogen-bond acceptors (Lipinski definition) is 15. The number of aliphatic hydroxyl groups is 6. The molecule has 0 bridgehead atoms. The van der Waals surface area contributed by atoms with E-state index in [9.17, 15) is 50.8 Å². The zero-order chi connectivity index (χ0) is 29.6. The van der Waals surface area contributed by atoms with Crippen LogP contribution in [0.3, 0.4) is 0 Å². The van der Waals surface area contributed by atoms with Gasteiger partial charge in [-0.3, -0.25) is 4.79 Å². The summed E-state index contributed by atoms with van der Waals surface area (Å²) in [6.45, 7) is -1.71. The Labute approximate surface area is 230 Å². The molecule has 0 amide bonds. The first-order valence-corrected chi connectivity index (χ1v) is 12.3. The van der Waals surface area contributed by atoms with Gasteiger partial charge in [-0.15, -0.1) is 0 Å². The van der Waals surface area contributed by atoms with Gasteiger partial charge in [0, 0.05) is 12.1 Å². The second kappa shape index (κ2) is 11.1. The van der Waals surface area contributed by atoms with E-state index < -0.39 is 85.4 Å². The van der Waals surface area contributed by atoms with Crippen molar-refractivity contribution in [2.24, 2.45) is 0 Å². The van der Waals surface area contributed by atoms with E-state index in [0.717, 1.165) is 18.4 Å². The van der Waals surface area contributed by atoms with Gasteiger partial charge >= 0.3 is 0 Å². The van der Waals surface area contributed by atoms with Crippen molar-refractivity contribution in [3.05, 3.63) is 46.8 Å². The van der Waals surface area contributed by atoms with Crippen LogP contribution in [0.25, 0.3) is 22.1 Å². The summed E-state index contributed by atoms with van der Waals surface area (Å²) in [6, 6.07) is 5.95. The van der Waals surface area contributed by atoms with E-state index in [1.165, 1.54) is 18.2 Å². The molecule has 2 fully saturated rings. The zero-order valence-electron chi connectivity index (χ0n) is 21.1. The van der Waals surface area contributed by atoms with Gasteiger partial charge in [-0.25, -0.2) is 0 Å². The van der Waals surface area contributed by atoms with Crippen molar-refractivity contribution >= 4 is 11.0 Å². The number of ether oxygens (including phenoxy) is 4. The zero-order valence-corrected chi connectivity index (χ0v) is 21.1. The monoisotopic (exact) mass is 580 g/mol. The summed E-state index contributed by atoms with van der Waals surface area (Å²) >= 11 is 0. The Kier molecular flexibility index (Phi) is 7.82. The molecule has 222 valence electrons. The summed E-state index contributed by atoms with van der Waals surface area (Å²) in [5.41, 5.74) is -2.53. The summed E-state index contributed by atoms with van der Waals surface area (Å²) in [4.78, 5) is 13.1. The fraction of sp³-hybridized carbons (Fsp3) is 0.423. The number of aliphatic hydroxyl groups excluding tert-OH is 5. The lowest BCUT2D eigenvalue weighted by Crippen LogP contribution is -2.60. The molecule has 5 rings (SSSR count). The van der Waals surface area contributed by atoms with Crippen molar-refractivity contribution < 1.29 is 69.3 Å². The molecule has 8 atom stereocenters. The normalized spacial score (nSPS) is 31.9. The van der Waals surface area contributed by atoms with Crippen LogP contribution in [-0.2, 0) is 14.2 Å². The molecule has 41 heavy (non-hydrogen) atoms. The average molecular weight is 580 g/mol. The van der Waals surface area contributed by atoms with Gasteiger partial charge in [0.05, 0.1) is 25.4 Å². The maximum atomic E-state index is 13.1. The van der Waals surface area contributed by atoms with Crippen LogP contribution in [0.2, 0.25) is 0 Å². The predicted molar refractivity (Wildman–Crippen MR) is 134 cm³/mol. The highest BCUT2D eigenvalue weighted by atomic mass is 16.7. The van der Waals surface area contributed by atoms with Crippen molar-refractivity contribution in [1.82, 2.24) is 0 Å². The lowest BCUT2D eigenvalue weighted by atomic mass is 9.99. The molecule has 3 aromatic rings. The summed E-state index contributed by atoms with van der Waals surface area (Å²) in [5, 5.41) is 90.3. The molecule has 2 aromatic carbocycles. The smallest absolute Gasteiger partial charge is 0.229 e. The lowest BCUT2D eigenvalue weighted by molar-refractivity contribution is -0.289. The van der Waals surface area contributed by atoms with E-state index in [1.807, 2.05) is 0 Å². The van der Waals surface area contributed by atoms with Crippen LogP contribution in [-0.4, -0.2) is 114 Å². The molecule has 0 saturated carbocycles. The van der Waals surface area contributed by atoms with Gasteiger partial charge in [-0.05, 0) is 17.7 Å². The van der Waals surface area contributed by atoms with Gasteiger partial charge in [0.25, 0.3) is 0 Å². The Hall–Kier alpha value is -3.51. The number of aromatic hydroxyl groups is 3. The number of hydrogen-bond donors (Lipinski definition) is 9. The van der Waals surface area contributed by atoms with Crippen LogP contribution in [0.15, 0.2) is 45.8 Å². The molecule has 1 aromatic heterocycles.